The van der Waals surface area contributed by atoms with E-state index in [1.54, 1.807) is 18.2 Å². The summed E-state index contributed by atoms with van der Waals surface area (Å²) in [5.41, 5.74) is 1.23. The molecule has 0 radical (unpaired) electrons. The molecule has 3 rings (SSSR count). The van der Waals surface area contributed by atoms with Gasteiger partial charge in [-0.2, -0.15) is 0 Å². The zero-order valence-corrected chi connectivity index (χ0v) is 13.8. The molecule has 1 aromatic rings. The molecule has 1 aliphatic carbocycles. The molecule has 4 nitrogen and oxygen atoms in total. The fourth-order valence-electron chi connectivity index (χ4n) is 3.33. The lowest BCUT2D eigenvalue weighted by molar-refractivity contribution is -0.124. The van der Waals surface area contributed by atoms with Crippen LogP contribution >= 0.6 is 23.2 Å². The van der Waals surface area contributed by atoms with E-state index in [0.717, 1.165) is 5.56 Å². The average Bonchev–Trinajstić information content (AvgIpc) is 2.34. The van der Waals surface area contributed by atoms with Crippen LogP contribution in [0.2, 0.25) is 10.0 Å². The van der Waals surface area contributed by atoms with Crippen LogP contribution in [0.1, 0.15) is 38.3 Å². The van der Waals surface area contributed by atoms with Gasteiger partial charge in [0.25, 0.3) is 0 Å². The molecule has 22 heavy (non-hydrogen) atoms. The van der Waals surface area contributed by atoms with Crippen LogP contribution in [0.3, 0.4) is 0 Å². The number of hydrogen-bond acceptors (Lipinski definition) is 2. The van der Waals surface area contributed by atoms with Gasteiger partial charge in [0.15, 0.2) is 0 Å². The number of rotatable bonds is 1. The van der Waals surface area contributed by atoms with Crippen molar-refractivity contribution in [1.29, 1.82) is 0 Å². The fraction of sp³-hybridized carbons (Fsp3) is 0.438. The van der Waals surface area contributed by atoms with Crippen molar-refractivity contribution < 1.29 is 9.59 Å². The monoisotopic (exact) mass is 338 g/mol. The lowest BCUT2D eigenvalue weighted by atomic mass is 9.67. The van der Waals surface area contributed by atoms with E-state index >= 15 is 0 Å². The fourth-order valence-corrected chi connectivity index (χ4v) is 3.87. The molecule has 1 fully saturated rings. The van der Waals surface area contributed by atoms with Gasteiger partial charge in [-0.15, -0.1) is 0 Å². The van der Waals surface area contributed by atoms with Gasteiger partial charge >= 0.3 is 6.03 Å². The van der Waals surface area contributed by atoms with Gasteiger partial charge in [0.05, 0.1) is 12.0 Å². The summed E-state index contributed by atoms with van der Waals surface area (Å²) in [6, 6.07) is 4.21. The van der Waals surface area contributed by atoms with E-state index < -0.39 is 18.0 Å². The number of halogens is 2. The number of benzene rings is 1. The van der Waals surface area contributed by atoms with Crippen LogP contribution in [-0.2, 0) is 4.79 Å². The maximum atomic E-state index is 12.6. The predicted octanol–water partition coefficient (Wildman–Crippen LogP) is 4.20. The van der Waals surface area contributed by atoms with E-state index in [0.29, 0.717) is 28.6 Å². The number of nitrogens with one attached hydrogen (secondary N) is 1. The number of amides is 2. The lowest BCUT2D eigenvalue weighted by Gasteiger charge is -2.40. The van der Waals surface area contributed by atoms with Crippen molar-refractivity contribution in [3.8, 4) is 0 Å². The van der Waals surface area contributed by atoms with Crippen molar-refractivity contribution in [1.82, 2.24) is 5.32 Å². The van der Waals surface area contributed by atoms with E-state index in [9.17, 15) is 9.59 Å². The summed E-state index contributed by atoms with van der Waals surface area (Å²) < 4.78 is 0. The van der Waals surface area contributed by atoms with E-state index in [1.165, 1.54) is 0 Å². The highest BCUT2D eigenvalue weighted by Gasteiger charge is 2.45. The molecule has 2 amide bonds. The third kappa shape index (κ3) is 2.90. The smallest absolute Gasteiger partial charge is 0.328 e. The van der Waals surface area contributed by atoms with Crippen LogP contribution in [0.4, 0.5) is 4.79 Å². The Morgan fingerprint density at radius 3 is 2.41 bits per heavy atom. The number of hydrogen-bond donors (Lipinski definition) is 1. The number of ketones is 1. The van der Waals surface area contributed by atoms with Crippen LogP contribution in [0, 0.1) is 11.3 Å². The van der Waals surface area contributed by atoms with Crippen molar-refractivity contribution in [2.45, 2.75) is 32.7 Å². The Balaban J connectivity index is 2.04. The third-order valence-corrected chi connectivity index (χ3v) is 4.56. The summed E-state index contributed by atoms with van der Waals surface area (Å²) in [7, 11) is 0. The minimum Gasteiger partial charge on any atom is -0.328 e. The van der Waals surface area contributed by atoms with E-state index in [4.69, 9.17) is 23.2 Å². The number of nitrogens with zero attached hydrogens (tertiary/aromatic N) is 1. The standard InChI is InChI=1S/C16H16Cl2N2O2/c1-16(2)6-11-13(12(21)7-16)14(20-15(22)19-11)8-3-9(17)5-10(18)4-8/h3-5,13-14H,6-7H2,1-2H3,(H,20,22). The summed E-state index contributed by atoms with van der Waals surface area (Å²) >= 11 is 12.1. The highest BCUT2D eigenvalue weighted by molar-refractivity contribution is 6.34. The van der Waals surface area contributed by atoms with Gasteiger partial charge in [-0.3, -0.25) is 4.79 Å². The minimum absolute atomic E-state index is 0.0936. The molecule has 2 aliphatic rings. The van der Waals surface area contributed by atoms with Gasteiger partial charge in [0.1, 0.15) is 5.78 Å². The average molecular weight is 339 g/mol. The summed E-state index contributed by atoms with van der Waals surface area (Å²) in [5, 5.41) is 3.73. The van der Waals surface area contributed by atoms with E-state index in [1.807, 2.05) is 13.8 Å². The molecule has 1 N–H and O–H groups in total. The molecule has 1 saturated carbocycles. The van der Waals surface area contributed by atoms with Crippen LogP contribution in [0.25, 0.3) is 0 Å². The second-order valence-corrected chi connectivity index (χ2v) is 7.57. The van der Waals surface area contributed by atoms with Crippen LogP contribution in [0.15, 0.2) is 23.2 Å². The van der Waals surface area contributed by atoms with E-state index in [2.05, 4.69) is 10.3 Å². The normalized spacial score (nSPS) is 27.0. The molecule has 1 aromatic carbocycles. The summed E-state index contributed by atoms with van der Waals surface area (Å²) in [6.07, 6.45) is 1.11. The predicted molar refractivity (Wildman–Crippen MR) is 86.7 cm³/mol. The highest BCUT2D eigenvalue weighted by Crippen LogP contribution is 2.41. The Morgan fingerprint density at radius 1 is 1.14 bits per heavy atom. The maximum absolute atomic E-state index is 12.6. The Labute approximate surface area is 138 Å². The second-order valence-electron chi connectivity index (χ2n) is 6.69. The van der Waals surface area contributed by atoms with Gasteiger partial charge in [0.2, 0.25) is 0 Å². The number of Topliss-reactive ketones (excluding diaryl/α,β-unsaturated/α-hetero) is 1. The Kier molecular flexibility index (Phi) is 3.77. The van der Waals surface area contributed by atoms with Crippen molar-refractivity contribution in [3.05, 3.63) is 33.8 Å². The van der Waals surface area contributed by atoms with Gasteiger partial charge in [-0.25, -0.2) is 9.79 Å². The molecule has 2 atom stereocenters. The molecule has 2 unspecified atom stereocenters. The molecular formula is C16H16Cl2N2O2. The quantitative estimate of drug-likeness (QED) is 0.833. The first-order valence-electron chi connectivity index (χ1n) is 7.12. The number of carbonyl (C=O) groups excluding carboxylic acids is 2. The molecule has 0 spiro atoms. The first-order valence-corrected chi connectivity index (χ1v) is 7.87. The summed E-state index contributed by atoms with van der Waals surface area (Å²) in [6.45, 7) is 4.03. The Hall–Kier alpha value is -1.39. The van der Waals surface area contributed by atoms with Gasteiger partial charge < -0.3 is 5.32 Å². The van der Waals surface area contributed by atoms with E-state index in [-0.39, 0.29) is 11.2 Å². The van der Waals surface area contributed by atoms with Crippen molar-refractivity contribution in [2.75, 3.05) is 0 Å². The number of fused-ring (bicyclic) bond motifs is 1. The first kappa shape index (κ1) is 15.5. The number of aliphatic imine (C=N–C) groups is 1. The Morgan fingerprint density at radius 2 is 1.77 bits per heavy atom. The summed E-state index contributed by atoms with van der Waals surface area (Å²) in [4.78, 5) is 28.6. The molecule has 1 heterocycles. The molecule has 0 bridgehead atoms. The molecule has 1 aliphatic heterocycles. The second kappa shape index (κ2) is 5.36. The number of urea groups is 1. The lowest BCUT2D eigenvalue weighted by Crippen LogP contribution is -2.49. The van der Waals surface area contributed by atoms with Gasteiger partial charge in [0, 0.05) is 22.2 Å². The maximum Gasteiger partial charge on any atom is 0.341 e. The summed E-state index contributed by atoms with van der Waals surface area (Å²) in [5.74, 6) is -0.337. The molecule has 6 heteroatoms. The molecule has 0 saturated heterocycles. The van der Waals surface area contributed by atoms with Gasteiger partial charge in [-0.05, 0) is 35.6 Å². The highest BCUT2D eigenvalue weighted by atomic mass is 35.5. The third-order valence-electron chi connectivity index (χ3n) is 4.12. The molecule has 0 aromatic heterocycles. The molecule has 116 valence electrons. The van der Waals surface area contributed by atoms with Crippen molar-refractivity contribution >= 4 is 40.7 Å². The number of carbonyl (C=O) groups is 2. The van der Waals surface area contributed by atoms with Crippen LogP contribution < -0.4 is 5.32 Å². The Bertz CT molecular complexity index is 677. The van der Waals surface area contributed by atoms with Crippen LogP contribution in [0.5, 0.6) is 0 Å². The first-order chi connectivity index (χ1) is 10.2. The minimum atomic E-state index is -0.459. The largest absolute Gasteiger partial charge is 0.341 e. The zero-order chi connectivity index (χ0) is 16.1. The topological polar surface area (TPSA) is 58.5 Å². The van der Waals surface area contributed by atoms with Crippen molar-refractivity contribution in [3.63, 3.8) is 0 Å². The SMILES string of the molecule is CC1(C)CC(=O)C2C(=NC(=O)NC2c2cc(Cl)cc(Cl)c2)C1. The zero-order valence-electron chi connectivity index (χ0n) is 12.3. The van der Waals surface area contributed by atoms with Crippen molar-refractivity contribution in [2.24, 2.45) is 16.3 Å². The molecular weight excluding hydrogens is 323 g/mol. The van der Waals surface area contributed by atoms with Gasteiger partial charge in [-0.1, -0.05) is 37.0 Å². The van der Waals surface area contributed by atoms with Crippen LogP contribution in [-0.4, -0.2) is 17.5 Å².